The first-order valence-corrected chi connectivity index (χ1v) is 8.00. The summed E-state index contributed by atoms with van der Waals surface area (Å²) in [5.74, 6) is 0.455. The van der Waals surface area contributed by atoms with Crippen molar-refractivity contribution in [1.29, 1.82) is 0 Å². The molecule has 0 fully saturated rings. The normalized spacial score (nSPS) is 11.8. The van der Waals surface area contributed by atoms with Crippen LogP contribution >= 0.6 is 12.2 Å². The van der Waals surface area contributed by atoms with Crippen LogP contribution in [0.4, 0.5) is 11.4 Å². The number of thiocarbonyl (C=S) groups is 1. The SMILES string of the molecule is C=Cc1cc(N(C(C)=S)C(C)(C)C=O)ccc1/N=C(\C)OCCO. The molecule has 0 aliphatic rings. The molecule has 1 rings (SSSR count). The van der Waals surface area contributed by atoms with Gasteiger partial charge in [0.05, 0.1) is 22.8 Å². The summed E-state index contributed by atoms with van der Waals surface area (Å²) in [4.78, 5) is 18.2. The van der Waals surface area contributed by atoms with Gasteiger partial charge < -0.3 is 19.5 Å². The van der Waals surface area contributed by atoms with Crippen molar-refractivity contribution in [3.8, 4) is 0 Å². The Balaban J connectivity index is 3.29. The summed E-state index contributed by atoms with van der Waals surface area (Å²) in [6, 6.07) is 5.56. The van der Waals surface area contributed by atoms with Gasteiger partial charge in [-0.05, 0) is 39.0 Å². The van der Waals surface area contributed by atoms with Crippen LogP contribution < -0.4 is 4.90 Å². The molecule has 1 aromatic rings. The van der Waals surface area contributed by atoms with Crippen LogP contribution in [0, 0.1) is 0 Å². The first-order chi connectivity index (χ1) is 11.3. The molecule has 0 unspecified atom stereocenters. The third-order valence-electron chi connectivity index (χ3n) is 3.35. The number of aliphatic hydroxyl groups is 1. The second-order valence-electron chi connectivity index (χ2n) is 5.78. The van der Waals surface area contributed by atoms with Crippen LogP contribution in [-0.4, -0.2) is 41.0 Å². The number of aliphatic imine (C=N–C) groups is 1. The molecule has 5 nitrogen and oxygen atoms in total. The van der Waals surface area contributed by atoms with Gasteiger partial charge in [0.25, 0.3) is 0 Å². The van der Waals surface area contributed by atoms with Crippen molar-refractivity contribution < 1.29 is 14.6 Å². The lowest BCUT2D eigenvalue weighted by atomic mass is 10.0. The average molecular weight is 348 g/mol. The summed E-state index contributed by atoms with van der Waals surface area (Å²) in [5, 5.41) is 8.79. The maximum absolute atomic E-state index is 11.4. The molecular formula is C18H24N2O3S. The molecule has 1 aromatic carbocycles. The number of ether oxygens (including phenoxy) is 1. The third kappa shape index (κ3) is 4.97. The highest BCUT2D eigenvalue weighted by molar-refractivity contribution is 7.80. The second-order valence-corrected chi connectivity index (χ2v) is 6.37. The lowest BCUT2D eigenvalue weighted by Crippen LogP contribution is -2.47. The van der Waals surface area contributed by atoms with Gasteiger partial charge >= 0.3 is 0 Å². The van der Waals surface area contributed by atoms with Gasteiger partial charge in [-0.3, -0.25) is 0 Å². The molecule has 130 valence electrons. The maximum atomic E-state index is 11.4. The molecule has 0 amide bonds. The van der Waals surface area contributed by atoms with Crippen molar-refractivity contribution in [2.75, 3.05) is 18.1 Å². The van der Waals surface area contributed by atoms with Gasteiger partial charge in [0.15, 0.2) is 5.90 Å². The number of aldehydes is 1. The van der Waals surface area contributed by atoms with E-state index < -0.39 is 5.54 Å². The first-order valence-electron chi connectivity index (χ1n) is 7.59. The van der Waals surface area contributed by atoms with E-state index in [1.165, 1.54) is 0 Å². The molecule has 0 spiro atoms. The predicted octanol–water partition coefficient (Wildman–Crippen LogP) is 3.52. The number of aliphatic hydroxyl groups excluding tert-OH is 1. The Kier molecular flexibility index (Phi) is 7.25. The number of carbonyl (C=O) groups excluding carboxylic acids is 1. The number of nitrogens with zero attached hydrogens (tertiary/aromatic N) is 2. The minimum atomic E-state index is -0.755. The van der Waals surface area contributed by atoms with Gasteiger partial charge in [0.1, 0.15) is 12.9 Å². The first kappa shape index (κ1) is 20.0. The highest BCUT2D eigenvalue weighted by Crippen LogP contribution is 2.30. The van der Waals surface area contributed by atoms with Crippen LogP contribution in [0.2, 0.25) is 0 Å². The summed E-state index contributed by atoms with van der Waals surface area (Å²) in [7, 11) is 0. The lowest BCUT2D eigenvalue weighted by Gasteiger charge is -2.35. The zero-order chi connectivity index (χ0) is 18.3. The van der Waals surface area contributed by atoms with Gasteiger partial charge in [-0.1, -0.05) is 24.9 Å². The quantitative estimate of drug-likeness (QED) is 0.353. The molecule has 6 heteroatoms. The molecule has 0 heterocycles. The largest absolute Gasteiger partial charge is 0.478 e. The van der Waals surface area contributed by atoms with E-state index in [0.717, 1.165) is 17.5 Å². The predicted molar refractivity (Wildman–Crippen MR) is 103 cm³/mol. The van der Waals surface area contributed by atoms with Crippen LogP contribution in [0.3, 0.4) is 0 Å². The maximum Gasteiger partial charge on any atom is 0.185 e. The van der Waals surface area contributed by atoms with Gasteiger partial charge in [0.2, 0.25) is 0 Å². The van der Waals surface area contributed by atoms with E-state index in [0.29, 0.717) is 16.6 Å². The van der Waals surface area contributed by atoms with Crippen LogP contribution in [0.15, 0.2) is 29.8 Å². The van der Waals surface area contributed by atoms with E-state index in [1.807, 2.05) is 32.0 Å². The summed E-state index contributed by atoms with van der Waals surface area (Å²) >= 11 is 5.31. The van der Waals surface area contributed by atoms with Crippen molar-refractivity contribution in [3.05, 3.63) is 30.3 Å². The lowest BCUT2D eigenvalue weighted by molar-refractivity contribution is -0.111. The van der Waals surface area contributed by atoms with Crippen molar-refractivity contribution in [1.82, 2.24) is 0 Å². The summed E-state index contributed by atoms with van der Waals surface area (Å²) < 4.78 is 5.27. The van der Waals surface area contributed by atoms with Crippen molar-refractivity contribution >= 4 is 46.8 Å². The van der Waals surface area contributed by atoms with Crippen LogP contribution in [0.25, 0.3) is 6.08 Å². The molecule has 1 N–H and O–H groups in total. The van der Waals surface area contributed by atoms with Crippen molar-refractivity contribution in [2.45, 2.75) is 33.2 Å². The molecular weight excluding hydrogens is 324 g/mol. The van der Waals surface area contributed by atoms with Crippen molar-refractivity contribution in [3.63, 3.8) is 0 Å². The monoisotopic (exact) mass is 348 g/mol. The molecule has 0 bridgehead atoms. The Labute approximate surface area is 148 Å². The fraction of sp³-hybridized carbons (Fsp3) is 0.389. The Morgan fingerprint density at radius 3 is 2.62 bits per heavy atom. The number of carbonyl (C=O) groups is 1. The van der Waals surface area contributed by atoms with E-state index in [4.69, 9.17) is 22.1 Å². The van der Waals surface area contributed by atoms with E-state index in [-0.39, 0.29) is 13.2 Å². The second kappa shape index (κ2) is 8.70. The molecule has 0 aliphatic carbocycles. The van der Waals surface area contributed by atoms with Gasteiger partial charge in [-0.25, -0.2) is 4.99 Å². The minimum absolute atomic E-state index is 0.0657. The van der Waals surface area contributed by atoms with Gasteiger partial charge in [0, 0.05) is 18.2 Å². The van der Waals surface area contributed by atoms with E-state index in [9.17, 15) is 4.79 Å². The molecule has 0 aromatic heterocycles. The van der Waals surface area contributed by atoms with Gasteiger partial charge in [-0.2, -0.15) is 0 Å². The minimum Gasteiger partial charge on any atom is -0.478 e. The molecule has 0 saturated carbocycles. The third-order valence-corrected chi connectivity index (χ3v) is 3.53. The fourth-order valence-electron chi connectivity index (χ4n) is 2.31. The highest BCUT2D eigenvalue weighted by atomic mass is 32.1. The summed E-state index contributed by atoms with van der Waals surface area (Å²) in [5.41, 5.74) is 1.52. The van der Waals surface area contributed by atoms with Crippen LogP contribution in [0.1, 0.15) is 33.3 Å². The Morgan fingerprint density at radius 1 is 1.46 bits per heavy atom. The number of hydrogen-bond acceptors (Lipinski definition) is 5. The molecule has 24 heavy (non-hydrogen) atoms. The van der Waals surface area contributed by atoms with Crippen LogP contribution in [0.5, 0.6) is 0 Å². The Hall–Kier alpha value is -2.05. The molecule has 0 saturated heterocycles. The summed E-state index contributed by atoms with van der Waals surface area (Å²) in [6.07, 6.45) is 2.56. The Morgan fingerprint density at radius 2 is 2.12 bits per heavy atom. The molecule has 0 radical (unpaired) electrons. The summed E-state index contributed by atoms with van der Waals surface area (Å²) in [6.45, 7) is 11.1. The number of anilines is 1. The fourth-order valence-corrected chi connectivity index (χ4v) is 2.66. The topological polar surface area (TPSA) is 62.1 Å². The van der Waals surface area contributed by atoms with E-state index in [1.54, 1.807) is 24.8 Å². The van der Waals surface area contributed by atoms with Crippen molar-refractivity contribution in [2.24, 2.45) is 4.99 Å². The zero-order valence-electron chi connectivity index (χ0n) is 14.6. The highest BCUT2D eigenvalue weighted by Gasteiger charge is 2.28. The van der Waals surface area contributed by atoms with Crippen LogP contribution in [-0.2, 0) is 9.53 Å². The number of rotatable bonds is 7. The average Bonchev–Trinajstić information content (AvgIpc) is 2.53. The number of hydrogen-bond donors (Lipinski definition) is 1. The molecule has 0 atom stereocenters. The van der Waals surface area contributed by atoms with E-state index in [2.05, 4.69) is 11.6 Å². The Bertz CT molecular complexity index is 654. The molecule has 0 aliphatic heterocycles. The zero-order valence-corrected chi connectivity index (χ0v) is 15.4. The smallest absolute Gasteiger partial charge is 0.185 e. The van der Waals surface area contributed by atoms with Gasteiger partial charge in [-0.15, -0.1) is 0 Å². The number of benzene rings is 1. The van der Waals surface area contributed by atoms with E-state index >= 15 is 0 Å². The standard InChI is InChI=1S/C18H24N2O3S/c1-6-15-11-16(20(14(3)24)18(4,5)12-22)7-8-17(15)19-13(2)23-10-9-21/h6-8,11-12,21H,1,9-10H2,2-5H3/b19-13+.